The van der Waals surface area contributed by atoms with E-state index in [1.54, 1.807) is 24.3 Å². The number of benzene rings is 1. The minimum Gasteiger partial charge on any atom is -0.492 e. The lowest BCUT2D eigenvalue weighted by atomic mass is 10.1. The second kappa shape index (κ2) is 8.86. The molecular weight excluding hydrogens is 322 g/mol. The quantitative estimate of drug-likeness (QED) is 0.406. The number of ether oxygens (including phenoxy) is 1. The van der Waals surface area contributed by atoms with Gasteiger partial charge in [0, 0.05) is 6.42 Å². The lowest BCUT2D eigenvalue weighted by molar-refractivity contribution is -0.150. The highest BCUT2D eigenvalue weighted by molar-refractivity contribution is 6.27. The molecule has 128 valence electrons. The monoisotopic (exact) mass is 343 g/mol. The number of aliphatic carboxylic acids is 1. The molecule has 1 aromatic carbocycles. The fourth-order valence-corrected chi connectivity index (χ4v) is 1.66. The fraction of sp³-hybridized carbons (Fsp3) is 0.500. The van der Waals surface area contributed by atoms with Gasteiger partial charge >= 0.3 is 5.97 Å². The lowest BCUT2D eigenvalue weighted by Gasteiger charge is -2.23. The average molecular weight is 344 g/mol. The van der Waals surface area contributed by atoms with Gasteiger partial charge in [-0.2, -0.15) is 5.48 Å². The van der Waals surface area contributed by atoms with Crippen LogP contribution in [0.2, 0.25) is 0 Å². The first-order valence-electron chi connectivity index (χ1n) is 7.18. The molecule has 0 aliphatic heterocycles. The molecule has 0 aromatic heterocycles. The maximum Gasteiger partial charge on any atom is 0.323 e. The fourth-order valence-electron chi connectivity index (χ4n) is 1.60. The van der Waals surface area contributed by atoms with E-state index in [1.807, 2.05) is 20.8 Å². The first-order chi connectivity index (χ1) is 10.7. The normalized spacial score (nSPS) is 14.1. The summed E-state index contributed by atoms with van der Waals surface area (Å²) in [5, 5.41) is 8.55. The van der Waals surface area contributed by atoms with Gasteiger partial charge in [-0.3, -0.25) is 9.63 Å². The van der Waals surface area contributed by atoms with Crippen LogP contribution in [0.3, 0.4) is 0 Å². The molecule has 0 bridgehead atoms. The molecule has 1 unspecified atom stereocenters. The molecule has 2 N–H and O–H groups in total. The summed E-state index contributed by atoms with van der Waals surface area (Å²) in [7, 11) is 0. The van der Waals surface area contributed by atoms with E-state index in [0.29, 0.717) is 12.0 Å². The van der Waals surface area contributed by atoms with Gasteiger partial charge in [-0.25, -0.2) is 0 Å². The predicted octanol–water partition coefficient (Wildman–Crippen LogP) is 2.19. The van der Waals surface area contributed by atoms with Crippen LogP contribution in [-0.2, 0) is 20.8 Å². The maximum absolute atomic E-state index is 11.3. The van der Waals surface area contributed by atoms with Crippen LogP contribution in [-0.4, -0.2) is 41.0 Å². The zero-order valence-corrected chi connectivity index (χ0v) is 14.2. The molecule has 23 heavy (non-hydrogen) atoms. The average Bonchev–Trinajstić information content (AvgIpc) is 2.48. The van der Waals surface area contributed by atoms with Crippen LogP contribution < -0.4 is 10.2 Å². The molecule has 0 heterocycles. The van der Waals surface area contributed by atoms with Crippen molar-refractivity contribution >= 4 is 23.9 Å². The predicted molar refractivity (Wildman–Crippen MR) is 86.7 cm³/mol. The third kappa shape index (κ3) is 7.97. The molecule has 0 fully saturated rings. The highest BCUT2D eigenvalue weighted by Crippen LogP contribution is 2.15. The molecule has 0 saturated carbocycles. The minimum atomic E-state index is -0.995. The van der Waals surface area contributed by atoms with E-state index < -0.39 is 23.0 Å². The molecule has 6 nitrogen and oxygen atoms in total. The Morgan fingerprint density at radius 2 is 1.96 bits per heavy atom. The van der Waals surface area contributed by atoms with Crippen LogP contribution in [0.5, 0.6) is 5.75 Å². The summed E-state index contributed by atoms with van der Waals surface area (Å²) in [5.41, 5.74) is 2.91. The Kier molecular flexibility index (Phi) is 7.48. The minimum absolute atomic E-state index is 0.0864. The second-order valence-corrected chi connectivity index (χ2v) is 6.59. The lowest BCUT2D eigenvalue weighted by Crippen LogP contribution is -2.42. The topological polar surface area (TPSA) is 84.9 Å². The summed E-state index contributed by atoms with van der Waals surface area (Å²) in [6, 6.07) is 6.06. The second-order valence-electron chi connectivity index (χ2n) is 6.03. The van der Waals surface area contributed by atoms with Gasteiger partial charge in [0.05, 0.1) is 5.60 Å². The van der Waals surface area contributed by atoms with Crippen LogP contribution in [0.4, 0.5) is 0 Å². The largest absolute Gasteiger partial charge is 0.492 e. The van der Waals surface area contributed by atoms with Gasteiger partial charge in [-0.1, -0.05) is 12.1 Å². The van der Waals surface area contributed by atoms with Crippen LogP contribution in [0.25, 0.3) is 0 Å². The molecule has 0 saturated heterocycles. The number of halogens is 1. The van der Waals surface area contributed by atoms with Crippen LogP contribution in [0.15, 0.2) is 24.3 Å². The molecule has 7 heteroatoms. The third-order valence-corrected chi connectivity index (χ3v) is 2.95. The summed E-state index contributed by atoms with van der Waals surface area (Å²) in [6.45, 7) is 5.57. The van der Waals surface area contributed by atoms with Gasteiger partial charge in [0.2, 0.25) is 0 Å². The number of nitrogens with one attached hydrogen (secondary N) is 1. The molecule has 0 radical (unpaired) electrons. The number of carbonyl (C=O) groups is 2. The summed E-state index contributed by atoms with van der Waals surface area (Å²) >= 11 is 5.64. The van der Waals surface area contributed by atoms with Crippen LogP contribution in [0, 0.1) is 0 Å². The number of carboxylic acids is 1. The first kappa shape index (κ1) is 19.4. The molecule has 0 amide bonds. The van der Waals surface area contributed by atoms with E-state index in [2.05, 4.69) is 5.48 Å². The van der Waals surface area contributed by atoms with Crippen molar-refractivity contribution in [3.05, 3.63) is 29.8 Å². The van der Waals surface area contributed by atoms with Crippen molar-refractivity contribution in [3.63, 3.8) is 0 Å². The smallest absolute Gasteiger partial charge is 0.323 e. The molecular formula is C16H22ClNO5. The van der Waals surface area contributed by atoms with E-state index in [9.17, 15) is 14.7 Å². The molecule has 1 rings (SSSR count). The summed E-state index contributed by atoms with van der Waals surface area (Å²) in [5.74, 6) is -0.433. The first-order valence-corrected chi connectivity index (χ1v) is 7.62. The number of carboxylic acid groups (broad SMARTS) is 1. The van der Waals surface area contributed by atoms with E-state index >= 15 is 0 Å². The van der Waals surface area contributed by atoms with Crippen LogP contribution >= 0.6 is 11.6 Å². The Hall–Kier alpha value is -1.63. The molecule has 1 aromatic rings. The number of hydroxylamine groups is 1. The van der Waals surface area contributed by atoms with Crippen molar-refractivity contribution in [1.82, 2.24) is 5.48 Å². The number of carbonyl (C=O) groups excluding carboxylic acids is 1. The third-order valence-electron chi connectivity index (χ3n) is 2.73. The Morgan fingerprint density at radius 3 is 2.43 bits per heavy atom. The Labute approximate surface area is 140 Å². The van der Waals surface area contributed by atoms with Crippen molar-refractivity contribution in [2.24, 2.45) is 0 Å². The number of hydrogen-bond donors (Lipinski definition) is 2. The molecule has 0 spiro atoms. The molecule has 0 aliphatic rings. The number of alkyl halides is 1. The van der Waals surface area contributed by atoms with Crippen molar-refractivity contribution in [2.45, 2.75) is 44.2 Å². The highest BCUT2D eigenvalue weighted by Gasteiger charge is 2.21. The van der Waals surface area contributed by atoms with Crippen molar-refractivity contribution in [1.29, 1.82) is 0 Å². The Bertz CT molecular complexity index is 512. The SMILES string of the molecule is CC(C)(C)ON[C@@H](Cc1ccc(OCC(Cl)C=O)cc1)C(=O)O. The number of rotatable bonds is 9. The van der Waals surface area contributed by atoms with Crippen molar-refractivity contribution in [3.8, 4) is 5.75 Å². The van der Waals surface area contributed by atoms with Gasteiger partial charge in [0.25, 0.3) is 0 Å². The van der Waals surface area contributed by atoms with E-state index in [1.165, 1.54) is 0 Å². The van der Waals surface area contributed by atoms with E-state index in [0.717, 1.165) is 5.56 Å². The highest BCUT2D eigenvalue weighted by atomic mass is 35.5. The standard InChI is InChI=1S/C16H22ClNO5/c1-16(2,3)23-18-14(15(20)21)8-11-4-6-13(7-5-11)22-10-12(17)9-19/h4-7,9,12,14,18H,8,10H2,1-3H3,(H,20,21)/t12?,14-/m0/s1. The molecule has 0 aliphatic carbocycles. The maximum atomic E-state index is 11.3. The zero-order chi connectivity index (χ0) is 17.5. The van der Waals surface area contributed by atoms with Crippen LogP contribution in [0.1, 0.15) is 26.3 Å². The van der Waals surface area contributed by atoms with Gasteiger partial charge in [-0.15, -0.1) is 11.6 Å². The molecule has 2 atom stereocenters. The van der Waals surface area contributed by atoms with Gasteiger partial charge in [-0.05, 0) is 38.5 Å². The summed E-state index contributed by atoms with van der Waals surface area (Å²) in [4.78, 5) is 27.0. The summed E-state index contributed by atoms with van der Waals surface area (Å²) < 4.78 is 5.34. The van der Waals surface area contributed by atoms with E-state index in [4.69, 9.17) is 21.2 Å². The number of aldehydes is 1. The van der Waals surface area contributed by atoms with Crippen molar-refractivity contribution < 1.29 is 24.3 Å². The van der Waals surface area contributed by atoms with Gasteiger partial charge in [0.15, 0.2) is 0 Å². The Morgan fingerprint density at radius 1 is 1.35 bits per heavy atom. The van der Waals surface area contributed by atoms with E-state index in [-0.39, 0.29) is 13.0 Å². The van der Waals surface area contributed by atoms with Crippen molar-refractivity contribution in [2.75, 3.05) is 6.61 Å². The Balaban J connectivity index is 2.60. The number of hydrogen-bond acceptors (Lipinski definition) is 5. The summed E-state index contributed by atoms with van der Waals surface area (Å²) in [6.07, 6.45) is 0.867. The van der Waals surface area contributed by atoms with Gasteiger partial charge < -0.3 is 14.6 Å². The zero-order valence-electron chi connectivity index (χ0n) is 13.4. The van der Waals surface area contributed by atoms with Gasteiger partial charge in [0.1, 0.15) is 30.1 Å².